The van der Waals surface area contributed by atoms with E-state index in [0.29, 0.717) is 5.56 Å². The summed E-state index contributed by atoms with van der Waals surface area (Å²) >= 11 is 3.39. The van der Waals surface area contributed by atoms with Crippen LogP contribution in [0.2, 0.25) is 0 Å². The second-order valence-corrected chi connectivity index (χ2v) is 6.93. The Hall–Kier alpha value is -2.93. The summed E-state index contributed by atoms with van der Waals surface area (Å²) in [6.07, 6.45) is 3.73. The largest absolute Gasteiger partial charge is 0.352 e. The van der Waals surface area contributed by atoms with Crippen LogP contribution in [0.25, 0.3) is 5.69 Å². The molecule has 3 aromatic rings. The highest BCUT2D eigenvalue weighted by atomic mass is 79.9. The van der Waals surface area contributed by atoms with E-state index >= 15 is 0 Å². The predicted molar refractivity (Wildman–Crippen MR) is 108 cm³/mol. The van der Waals surface area contributed by atoms with Crippen LogP contribution < -0.4 is 10.6 Å². The summed E-state index contributed by atoms with van der Waals surface area (Å²) < 4.78 is 2.62. The van der Waals surface area contributed by atoms with Gasteiger partial charge in [0.1, 0.15) is 0 Å². The minimum atomic E-state index is -0.214. The Morgan fingerprint density at radius 3 is 2.63 bits per heavy atom. The number of aryl methyl sites for hydroxylation is 1. The molecule has 1 heterocycles. The summed E-state index contributed by atoms with van der Waals surface area (Å²) in [5, 5.41) is 9.77. The van der Waals surface area contributed by atoms with Crippen molar-refractivity contribution in [1.29, 1.82) is 0 Å². The predicted octanol–water partition coefficient (Wildman–Crippen LogP) is 3.70. The standard InChI is InChI=1S/C20H19BrN4O2/c1-14-3-6-16(21)13-18(14)24-19(26)9-11-22-20(27)15-4-7-17(8-5-15)25-12-2-10-23-25/h2-8,10,12-13H,9,11H2,1H3,(H,22,27)(H,24,26). The lowest BCUT2D eigenvalue weighted by Gasteiger charge is -2.10. The van der Waals surface area contributed by atoms with Crippen molar-refractivity contribution in [2.45, 2.75) is 13.3 Å². The summed E-state index contributed by atoms with van der Waals surface area (Å²) in [6, 6.07) is 14.6. The molecule has 0 radical (unpaired) electrons. The van der Waals surface area contributed by atoms with Gasteiger partial charge in [-0.1, -0.05) is 22.0 Å². The molecular weight excluding hydrogens is 408 g/mol. The molecule has 0 aliphatic rings. The Balaban J connectivity index is 1.49. The lowest BCUT2D eigenvalue weighted by molar-refractivity contribution is -0.116. The topological polar surface area (TPSA) is 76.0 Å². The van der Waals surface area contributed by atoms with Crippen LogP contribution in [-0.2, 0) is 4.79 Å². The minimum absolute atomic E-state index is 0.148. The minimum Gasteiger partial charge on any atom is -0.352 e. The number of carbonyl (C=O) groups is 2. The van der Waals surface area contributed by atoms with Crippen LogP contribution in [0, 0.1) is 6.92 Å². The van der Waals surface area contributed by atoms with E-state index in [1.165, 1.54) is 0 Å². The zero-order chi connectivity index (χ0) is 19.2. The molecule has 0 spiro atoms. The highest BCUT2D eigenvalue weighted by molar-refractivity contribution is 9.10. The molecule has 2 aromatic carbocycles. The van der Waals surface area contributed by atoms with Gasteiger partial charge in [-0.3, -0.25) is 9.59 Å². The molecule has 1 aromatic heterocycles. The van der Waals surface area contributed by atoms with Gasteiger partial charge >= 0.3 is 0 Å². The van der Waals surface area contributed by atoms with Crippen LogP contribution in [0.4, 0.5) is 5.69 Å². The summed E-state index contributed by atoms with van der Waals surface area (Å²) in [5.41, 5.74) is 3.15. The normalized spacial score (nSPS) is 10.4. The Morgan fingerprint density at radius 1 is 1.15 bits per heavy atom. The molecule has 0 aliphatic heterocycles. The van der Waals surface area contributed by atoms with Crippen molar-refractivity contribution in [2.24, 2.45) is 0 Å². The molecule has 6 nitrogen and oxygen atoms in total. The number of hydrogen-bond donors (Lipinski definition) is 2. The van der Waals surface area contributed by atoms with Gasteiger partial charge in [0.15, 0.2) is 0 Å². The van der Waals surface area contributed by atoms with E-state index in [4.69, 9.17) is 0 Å². The molecule has 0 unspecified atom stereocenters. The first kappa shape index (κ1) is 18.8. The number of amides is 2. The first-order valence-corrected chi connectivity index (χ1v) is 9.26. The van der Waals surface area contributed by atoms with Gasteiger partial charge < -0.3 is 10.6 Å². The van der Waals surface area contributed by atoms with Crippen LogP contribution in [0.15, 0.2) is 65.4 Å². The Morgan fingerprint density at radius 2 is 1.93 bits per heavy atom. The van der Waals surface area contributed by atoms with Crippen LogP contribution in [-0.4, -0.2) is 28.1 Å². The summed E-state index contributed by atoms with van der Waals surface area (Å²) in [5.74, 6) is -0.362. The fraction of sp³-hybridized carbons (Fsp3) is 0.150. The molecule has 0 fully saturated rings. The van der Waals surface area contributed by atoms with E-state index in [2.05, 4.69) is 31.7 Å². The summed E-state index contributed by atoms with van der Waals surface area (Å²) in [7, 11) is 0. The SMILES string of the molecule is Cc1ccc(Br)cc1NC(=O)CCNC(=O)c1ccc(-n2cccn2)cc1. The fourth-order valence-electron chi connectivity index (χ4n) is 2.52. The van der Waals surface area contributed by atoms with Crippen LogP contribution in [0.3, 0.4) is 0 Å². The number of carbonyl (C=O) groups excluding carboxylic acids is 2. The fourth-order valence-corrected chi connectivity index (χ4v) is 2.88. The third-order valence-corrected chi connectivity index (χ3v) is 4.50. The van der Waals surface area contributed by atoms with Crippen molar-refractivity contribution < 1.29 is 9.59 Å². The maximum absolute atomic E-state index is 12.2. The van der Waals surface area contributed by atoms with Gasteiger partial charge in [-0.25, -0.2) is 4.68 Å². The Labute approximate surface area is 165 Å². The number of anilines is 1. The third-order valence-electron chi connectivity index (χ3n) is 4.01. The van der Waals surface area contributed by atoms with Gasteiger partial charge in [-0.15, -0.1) is 0 Å². The molecule has 0 saturated heterocycles. The highest BCUT2D eigenvalue weighted by Gasteiger charge is 2.09. The number of hydrogen-bond acceptors (Lipinski definition) is 3. The lowest BCUT2D eigenvalue weighted by Crippen LogP contribution is -2.27. The number of nitrogens with one attached hydrogen (secondary N) is 2. The molecule has 27 heavy (non-hydrogen) atoms. The van der Waals surface area contributed by atoms with Gasteiger partial charge in [0.05, 0.1) is 5.69 Å². The van der Waals surface area contributed by atoms with Gasteiger partial charge in [0.25, 0.3) is 5.91 Å². The van der Waals surface area contributed by atoms with Gasteiger partial charge in [0, 0.05) is 41.1 Å². The van der Waals surface area contributed by atoms with Crippen molar-refractivity contribution >= 4 is 33.4 Å². The van der Waals surface area contributed by atoms with Crippen molar-refractivity contribution in [1.82, 2.24) is 15.1 Å². The molecule has 138 valence electrons. The second kappa shape index (κ2) is 8.64. The second-order valence-electron chi connectivity index (χ2n) is 6.01. The summed E-state index contributed by atoms with van der Waals surface area (Å²) in [4.78, 5) is 24.3. The van der Waals surface area contributed by atoms with E-state index in [9.17, 15) is 9.59 Å². The maximum atomic E-state index is 12.2. The number of benzene rings is 2. The van der Waals surface area contributed by atoms with Crippen LogP contribution in [0.1, 0.15) is 22.3 Å². The lowest BCUT2D eigenvalue weighted by atomic mass is 10.2. The van der Waals surface area contributed by atoms with Crippen LogP contribution >= 0.6 is 15.9 Å². The molecule has 7 heteroatoms. The Bertz CT molecular complexity index is 937. The van der Waals surface area contributed by atoms with E-state index in [-0.39, 0.29) is 24.8 Å². The van der Waals surface area contributed by atoms with E-state index < -0.39 is 0 Å². The smallest absolute Gasteiger partial charge is 0.251 e. The van der Waals surface area contributed by atoms with E-state index in [1.54, 1.807) is 23.0 Å². The molecule has 0 aliphatic carbocycles. The van der Waals surface area contributed by atoms with Gasteiger partial charge in [-0.05, 0) is 55.0 Å². The third kappa shape index (κ3) is 5.04. The molecule has 0 atom stereocenters. The maximum Gasteiger partial charge on any atom is 0.251 e. The first-order chi connectivity index (χ1) is 13.0. The molecule has 0 saturated carbocycles. The zero-order valence-corrected chi connectivity index (χ0v) is 16.4. The van der Waals surface area contributed by atoms with Crippen molar-refractivity contribution in [2.75, 3.05) is 11.9 Å². The monoisotopic (exact) mass is 426 g/mol. The van der Waals surface area contributed by atoms with Crippen molar-refractivity contribution in [3.05, 3.63) is 76.5 Å². The quantitative estimate of drug-likeness (QED) is 0.630. The van der Waals surface area contributed by atoms with Crippen LogP contribution in [0.5, 0.6) is 0 Å². The van der Waals surface area contributed by atoms with Gasteiger partial charge in [-0.2, -0.15) is 5.10 Å². The average Bonchev–Trinajstić information content (AvgIpc) is 3.19. The number of rotatable bonds is 6. The highest BCUT2D eigenvalue weighted by Crippen LogP contribution is 2.20. The average molecular weight is 427 g/mol. The van der Waals surface area contributed by atoms with E-state index in [1.807, 2.05) is 49.5 Å². The number of aromatic nitrogens is 2. The van der Waals surface area contributed by atoms with Gasteiger partial charge in [0.2, 0.25) is 5.91 Å². The molecule has 3 rings (SSSR count). The Kier molecular flexibility index (Phi) is 6.03. The number of nitrogens with zero attached hydrogens (tertiary/aromatic N) is 2. The number of halogens is 1. The van der Waals surface area contributed by atoms with Crippen molar-refractivity contribution in [3.63, 3.8) is 0 Å². The van der Waals surface area contributed by atoms with E-state index in [0.717, 1.165) is 21.4 Å². The zero-order valence-electron chi connectivity index (χ0n) is 14.8. The molecule has 2 amide bonds. The first-order valence-electron chi connectivity index (χ1n) is 8.47. The molecule has 2 N–H and O–H groups in total. The van der Waals surface area contributed by atoms with Crippen molar-refractivity contribution in [3.8, 4) is 5.69 Å². The molecular formula is C20H19BrN4O2. The summed E-state index contributed by atoms with van der Waals surface area (Å²) in [6.45, 7) is 2.19. The molecule has 0 bridgehead atoms.